The van der Waals surface area contributed by atoms with Crippen molar-refractivity contribution in [3.63, 3.8) is 0 Å². The summed E-state index contributed by atoms with van der Waals surface area (Å²) in [4.78, 5) is 32.1. The highest BCUT2D eigenvalue weighted by Crippen LogP contribution is 2.17. The third-order valence-corrected chi connectivity index (χ3v) is 4.77. The molecule has 1 amide bonds. The summed E-state index contributed by atoms with van der Waals surface area (Å²) in [5.74, 6) is -0.149. The Hall–Kier alpha value is -3.41. The normalized spacial score (nSPS) is 11.2. The van der Waals surface area contributed by atoms with Crippen LogP contribution in [-0.4, -0.2) is 31.8 Å². The number of nitrogens with zero attached hydrogens (tertiary/aromatic N) is 4. The molecule has 0 aliphatic carbocycles. The lowest BCUT2D eigenvalue weighted by molar-refractivity contribution is 0.0776. The van der Waals surface area contributed by atoms with Crippen molar-refractivity contribution < 1.29 is 4.79 Å². The first-order chi connectivity index (χ1) is 13.0. The average Bonchev–Trinajstić information content (AvgIpc) is 3.00. The largest absolute Gasteiger partial charge is 0.336 e. The molecule has 3 heterocycles. The number of carbonyl (C=O) groups excluding carboxylic acids is 1. The second kappa shape index (κ2) is 6.39. The van der Waals surface area contributed by atoms with Gasteiger partial charge in [0.05, 0.1) is 5.39 Å². The van der Waals surface area contributed by atoms with Crippen LogP contribution in [-0.2, 0) is 13.6 Å². The standard InChI is InChI=1S/C21H20N4O2/c1-14-9-10-18-22-19-16(20(26)25(18)12-14)11-17(24(19)3)21(27)23(2)13-15-7-5-4-6-8-15/h4-12H,13H2,1-3H3. The van der Waals surface area contributed by atoms with Crippen LogP contribution >= 0.6 is 0 Å². The maximum atomic E-state index is 13.0. The van der Waals surface area contributed by atoms with E-state index in [2.05, 4.69) is 4.98 Å². The fourth-order valence-corrected chi connectivity index (χ4v) is 3.31. The van der Waals surface area contributed by atoms with Gasteiger partial charge in [-0.25, -0.2) is 4.98 Å². The van der Waals surface area contributed by atoms with Gasteiger partial charge in [-0.3, -0.25) is 14.0 Å². The fraction of sp³-hybridized carbons (Fsp3) is 0.190. The number of hydrogen-bond acceptors (Lipinski definition) is 3. The van der Waals surface area contributed by atoms with Gasteiger partial charge in [0.2, 0.25) is 0 Å². The van der Waals surface area contributed by atoms with Crippen molar-refractivity contribution in [2.24, 2.45) is 7.05 Å². The van der Waals surface area contributed by atoms with Crippen molar-refractivity contribution in [1.29, 1.82) is 0 Å². The van der Waals surface area contributed by atoms with Crippen LogP contribution < -0.4 is 5.56 Å². The molecule has 0 aliphatic heterocycles. The van der Waals surface area contributed by atoms with E-state index in [0.29, 0.717) is 28.9 Å². The van der Waals surface area contributed by atoms with Crippen LogP contribution in [0.5, 0.6) is 0 Å². The van der Waals surface area contributed by atoms with E-state index in [-0.39, 0.29) is 11.5 Å². The summed E-state index contributed by atoms with van der Waals surface area (Å²) in [6.45, 7) is 2.42. The number of pyridine rings is 1. The molecule has 1 aromatic carbocycles. The summed E-state index contributed by atoms with van der Waals surface area (Å²) in [6.07, 6.45) is 1.76. The van der Waals surface area contributed by atoms with Crippen molar-refractivity contribution in [1.82, 2.24) is 18.9 Å². The van der Waals surface area contributed by atoms with Crippen LogP contribution in [0.2, 0.25) is 0 Å². The zero-order chi connectivity index (χ0) is 19.1. The fourth-order valence-electron chi connectivity index (χ4n) is 3.31. The first-order valence-electron chi connectivity index (χ1n) is 8.73. The van der Waals surface area contributed by atoms with E-state index < -0.39 is 0 Å². The third-order valence-electron chi connectivity index (χ3n) is 4.77. The van der Waals surface area contributed by atoms with Crippen LogP contribution in [0, 0.1) is 6.92 Å². The highest BCUT2D eigenvalue weighted by molar-refractivity contribution is 5.97. The molecule has 0 atom stereocenters. The molecule has 0 saturated carbocycles. The van der Waals surface area contributed by atoms with E-state index in [9.17, 15) is 9.59 Å². The summed E-state index contributed by atoms with van der Waals surface area (Å²) in [7, 11) is 3.52. The van der Waals surface area contributed by atoms with Gasteiger partial charge in [-0.2, -0.15) is 0 Å². The molecule has 0 saturated heterocycles. The van der Waals surface area contributed by atoms with Crippen LogP contribution in [0.3, 0.4) is 0 Å². The number of aryl methyl sites for hydroxylation is 2. The van der Waals surface area contributed by atoms with E-state index in [1.807, 2.05) is 49.4 Å². The maximum absolute atomic E-state index is 13.0. The highest BCUT2D eigenvalue weighted by Gasteiger charge is 2.20. The number of aromatic nitrogens is 3. The lowest BCUT2D eigenvalue weighted by atomic mass is 10.2. The topological polar surface area (TPSA) is 59.6 Å². The minimum atomic E-state index is -0.168. The van der Waals surface area contributed by atoms with Crippen molar-refractivity contribution >= 4 is 22.6 Å². The Balaban J connectivity index is 1.79. The van der Waals surface area contributed by atoms with Crippen molar-refractivity contribution in [3.05, 3.63) is 81.9 Å². The molecular formula is C21H20N4O2. The quantitative estimate of drug-likeness (QED) is 0.564. The molecular weight excluding hydrogens is 340 g/mol. The summed E-state index contributed by atoms with van der Waals surface area (Å²) < 4.78 is 3.22. The lowest BCUT2D eigenvalue weighted by Gasteiger charge is -2.17. The lowest BCUT2D eigenvalue weighted by Crippen LogP contribution is -2.27. The number of amides is 1. The van der Waals surface area contributed by atoms with Gasteiger partial charge in [0, 0.05) is 26.8 Å². The Morgan fingerprint density at radius 1 is 1.15 bits per heavy atom. The second-order valence-corrected chi connectivity index (χ2v) is 6.82. The van der Waals surface area contributed by atoms with Crippen LogP contribution in [0.25, 0.3) is 16.7 Å². The van der Waals surface area contributed by atoms with E-state index >= 15 is 0 Å². The van der Waals surface area contributed by atoms with E-state index in [1.165, 1.54) is 4.40 Å². The molecule has 0 bridgehead atoms. The number of fused-ring (bicyclic) bond motifs is 2. The zero-order valence-electron chi connectivity index (χ0n) is 15.5. The first-order valence-corrected chi connectivity index (χ1v) is 8.73. The maximum Gasteiger partial charge on any atom is 0.270 e. The number of rotatable bonds is 3. The molecule has 0 fully saturated rings. The molecule has 4 aromatic rings. The van der Waals surface area contributed by atoms with Gasteiger partial charge in [0.15, 0.2) is 0 Å². The van der Waals surface area contributed by atoms with Crippen LogP contribution in [0.15, 0.2) is 59.5 Å². The predicted molar refractivity (Wildman–Crippen MR) is 105 cm³/mol. The van der Waals surface area contributed by atoms with Crippen LogP contribution in [0.1, 0.15) is 21.6 Å². The molecule has 0 aliphatic rings. The minimum Gasteiger partial charge on any atom is -0.336 e. The van der Waals surface area contributed by atoms with Gasteiger partial charge < -0.3 is 9.47 Å². The van der Waals surface area contributed by atoms with Gasteiger partial charge in [-0.15, -0.1) is 0 Å². The molecule has 4 rings (SSSR count). The Morgan fingerprint density at radius 3 is 2.63 bits per heavy atom. The predicted octanol–water partition coefficient (Wildman–Crippen LogP) is 2.77. The zero-order valence-corrected chi connectivity index (χ0v) is 15.5. The number of carbonyl (C=O) groups is 1. The van der Waals surface area contributed by atoms with Gasteiger partial charge in [-0.05, 0) is 30.2 Å². The molecule has 6 nitrogen and oxygen atoms in total. The van der Waals surface area contributed by atoms with Gasteiger partial charge in [0.25, 0.3) is 11.5 Å². The second-order valence-electron chi connectivity index (χ2n) is 6.82. The molecule has 3 aromatic heterocycles. The Kier molecular flexibility index (Phi) is 4.03. The molecule has 6 heteroatoms. The molecule has 0 radical (unpaired) electrons. The summed E-state index contributed by atoms with van der Waals surface area (Å²) in [5, 5.41) is 0.442. The van der Waals surface area contributed by atoms with Gasteiger partial charge in [-0.1, -0.05) is 36.4 Å². The number of hydrogen-bond donors (Lipinski definition) is 0. The van der Waals surface area contributed by atoms with Crippen molar-refractivity contribution in [2.75, 3.05) is 7.05 Å². The Morgan fingerprint density at radius 2 is 1.89 bits per heavy atom. The Bertz CT molecular complexity index is 1220. The molecule has 27 heavy (non-hydrogen) atoms. The summed E-state index contributed by atoms with van der Waals surface area (Å²) in [5.41, 5.74) is 3.38. The smallest absolute Gasteiger partial charge is 0.270 e. The highest BCUT2D eigenvalue weighted by atomic mass is 16.2. The summed E-state index contributed by atoms with van der Waals surface area (Å²) in [6, 6.07) is 15.2. The Labute approximate surface area is 156 Å². The molecule has 136 valence electrons. The van der Waals surface area contributed by atoms with Crippen molar-refractivity contribution in [2.45, 2.75) is 13.5 Å². The van der Waals surface area contributed by atoms with Crippen molar-refractivity contribution in [3.8, 4) is 0 Å². The molecule has 0 spiro atoms. The van der Waals surface area contributed by atoms with Crippen LogP contribution in [0.4, 0.5) is 0 Å². The van der Waals surface area contributed by atoms with E-state index in [1.54, 1.807) is 35.8 Å². The monoisotopic (exact) mass is 360 g/mol. The average molecular weight is 360 g/mol. The SMILES string of the molecule is Cc1ccc2nc3c(cc(C(=O)N(C)Cc4ccccc4)n3C)c(=O)n2c1. The number of benzene rings is 1. The van der Waals surface area contributed by atoms with Gasteiger partial charge >= 0.3 is 0 Å². The molecule has 0 unspecified atom stereocenters. The van der Waals surface area contributed by atoms with E-state index in [0.717, 1.165) is 11.1 Å². The third kappa shape index (κ3) is 2.89. The summed E-state index contributed by atoms with van der Waals surface area (Å²) >= 11 is 0. The first kappa shape index (κ1) is 17.0. The molecule has 0 N–H and O–H groups in total. The van der Waals surface area contributed by atoms with Gasteiger partial charge in [0.1, 0.15) is 17.0 Å². The minimum absolute atomic E-state index is 0.149. The van der Waals surface area contributed by atoms with E-state index in [4.69, 9.17) is 0 Å².